The number of ether oxygens (including phenoxy) is 2. The zero-order valence-electron chi connectivity index (χ0n) is 22.9. The number of benzene rings is 3. The quantitative estimate of drug-likeness (QED) is 0.302. The Balaban J connectivity index is 1.42. The average molecular weight is 558 g/mol. The highest BCUT2D eigenvalue weighted by Crippen LogP contribution is 2.33. The molecule has 1 aromatic heterocycles. The van der Waals surface area contributed by atoms with Crippen LogP contribution in [0.15, 0.2) is 65.8 Å². The van der Waals surface area contributed by atoms with Crippen LogP contribution in [-0.2, 0) is 17.8 Å². The van der Waals surface area contributed by atoms with Crippen molar-refractivity contribution in [1.29, 1.82) is 0 Å². The van der Waals surface area contributed by atoms with Gasteiger partial charge in [-0.15, -0.1) is 10.2 Å². The summed E-state index contributed by atoms with van der Waals surface area (Å²) in [5, 5.41) is 12.2. The van der Waals surface area contributed by atoms with Crippen molar-refractivity contribution in [3.05, 3.63) is 88.7 Å². The first kappa shape index (κ1) is 27.3. The van der Waals surface area contributed by atoms with Crippen LogP contribution in [0.3, 0.4) is 0 Å². The van der Waals surface area contributed by atoms with E-state index in [2.05, 4.69) is 21.6 Å². The molecular weight excluding hydrogens is 526 g/mol. The molecule has 0 saturated carbocycles. The molecule has 2 amide bonds. The van der Waals surface area contributed by atoms with Crippen molar-refractivity contribution in [2.24, 2.45) is 0 Å². The molecule has 1 aliphatic rings. The van der Waals surface area contributed by atoms with Gasteiger partial charge in [-0.25, -0.2) is 0 Å². The molecule has 0 aliphatic carbocycles. The molecule has 1 N–H and O–H groups in total. The number of rotatable bonds is 9. The molecule has 40 heavy (non-hydrogen) atoms. The van der Waals surface area contributed by atoms with Crippen LogP contribution >= 0.6 is 11.8 Å². The number of amides is 2. The van der Waals surface area contributed by atoms with Crippen LogP contribution in [-0.4, -0.2) is 53.1 Å². The molecule has 0 fully saturated rings. The monoisotopic (exact) mass is 557 g/mol. The normalized spacial score (nSPS) is 12.2. The zero-order chi connectivity index (χ0) is 28.2. The second kappa shape index (κ2) is 11.8. The molecule has 2 heterocycles. The molecule has 0 spiro atoms. The van der Waals surface area contributed by atoms with E-state index in [-0.39, 0.29) is 24.1 Å². The molecule has 0 radical (unpaired) electrons. The number of hydrogen-bond acceptors (Lipinski definition) is 7. The molecule has 206 valence electrons. The summed E-state index contributed by atoms with van der Waals surface area (Å²) in [6, 6.07) is 19.0. The number of nitrogens with zero attached hydrogens (tertiary/aromatic N) is 4. The minimum absolute atomic E-state index is 0.00768. The van der Waals surface area contributed by atoms with E-state index in [4.69, 9.17) is 9.47 Å². The number of anilines is 1. The minimum atomic E-state index is -0.215. The molecule has 3 aromatic carbocycles. The molecule has 1 aliphatic heterocycles. The number of thioether (sulfide) groups is 1. The summed E-state index contributed by atoms with van der Waals surface area (Å²) in [5.41, 5.74) is 5.50. The summed E-state index contributed by atoms with van der Waals surface area (Å²) in [5.74, 6) is 1.64. The van der Waals surface area contributed by atoms with Crippen LogP contribution < -0.4 is 19.7 Å². The lowest BCUT2D eigenvalue weighted by molar-refractivity contribution is -0.116. The fourth-order valence-corrected chi connectivity index (χ4v) is 5.51. The lowest BCUT2D eigenvalue weighted by Gasteiger charge is -2.18. The number of aromatic nitrogens is 3. The average Bonchev–Trinajstić information content (AvgIpc) is 3.60. The number of carbonyl (C=O) groups is 2. The third kappa shape index (κ3) is 5.53. The molecule has 9 nitrogen and oxygen atoms in total. The van der Waals surface area contributed by atoms with Gasteiger partial charge in [0.05, 0.1) is 32.2 Å². The first-order valence-corrected chi connectivity index (χ1v) is 13.9. The summed E-state index contributed by atoms with van der Waals surface area (Å²) in [6.07, 6.45) is 0.841. The van der Waals surface area contributed by atoms with E-state index >= 15 is 0 Å². The third-order valence-electron chi connectivity index (χ3n) is 7.02. The van der Waals surface area contributed by atoms with Gasteiger partial charge in [-0.2, -0.15) is 0 Å². The van der Waals surface area contributed by atoms with Gasteiger partial charge in [0.1, 0.15) is 11.5 Å². The maximum absolute atomic E-state index is 13.2. The highest BCUT2D eigenvalue weighted by Gasteiger charge is 2.26. The maximum atomic E-state index is 13.2. The number of aryl methyl sites for hydroxylation is 2. The van der Waals surface area contributed by atoms with Crippen LogP contribution in [0.25, 0.3) is 5.69 Å². The Morgan fingerprint density at radius 2 is 1.77 bits per heavy atom. The van der Waals surface area contributed by atoms with Gasteiger partial charge in [0, 0.05) is 23.9 Å². The van der Waals surface area contributed by atoms with Crippen LogP contribution in [0.4, 0.5) is 5.69 Å². The van der Waals surface area contributed by atoms with E-state index in [9.17, 15) is 9.59 Å². The van der Waals surface area contributed by atoms with Crippen molar-refractivity contribution in [3.8, 4) is 17.2 Å². The van der Waals surface area contributed by atoms with Gasteiger partial charge < -0.3 is 19.7 Å². The van der Waals surface area contributed by atoms with Crippen molar-refractivity contribution in [1.82, 2.24) is 20.1 Å². The molecule has 0 bridgehead atoms. The van der Waals surface area contributed by atoms with Crippen molar-refractivity contribution in [3.63, 3.8) is 0 Å². The largest absolute Gasteiger partial charge is 0.497 e. The van der Waals surface area contributed by atoms with E-state index in [0.717, 1.165) is 23.2 Å². The number of para-hydroxylation sites is 1. The number of methoxy groups -OCH3 is 2. The molecule has 10 heteroatoms. The summed E-state index contributed by atoms with van der Waals surface area (Å²) in [7, 11) is 3.17. The lowest BCUT2D eigenvalue weighted by Crippen LogP contribution is -2.30. The Morgan fingerprint density at radius 3 is 2.55 bits per heavy atom. The molecular formula is C30H31N5O4S. The van der Waals surface area contributed by atoms with Gasteiger partial charge >= 0.3 is 0 Å². The Bertz CT molecular complexity index is 1570. The van der Waals surface area contributed by atoms with E-state index in [1.165, 1.54) is 17.3 Å². The van der Waals surface area contributed by atoms with Crippen molar-refractivity contribution in [2.45, 2.75) is 32.0 Å². The van der Waals surface area contributed by atoms with Gasteiger partial charge in [0.2, 0.25) is 5.91 Å². The second-order valence-corrected chi connectivity index (χ2v) is 10.4. The molecule has 0 saturated heterocycles. The summed E-state index contributed by atoms with van der Waals surface area (Å²) >= 11 is 1.29. The van der Waals surface area contributed by atoms with Gasteiger partial charge in [0.15, 0.2) is 11.0 Å². The fourth-order valence-electron chi connectivity index (χ4n) is 4.67. The zero-order valence-corrected chi connectivity index (χ0v) is 23.7. The van der Waals surface area contributed by atoms with E-state index < -0.39 is 0 Å². The van der Waals surface area contributed by atoms with Crippen molar-refractivity contribution >= 4 is 29.3 Å². The summed E-state index contributed by atoms with van der Waals surface area (Å²) in [6.45, 7) is 4.76. The molecule has 0 unspecified atom stereocenters. The van der Waals surface area contributed by atoms with E-state index in [1.807, 2.05) is 55.1 Å². The first-order valence-electron chi connectivity index (χ1n) is 12.9. The van der Waals surface area contributed by atoms with E-state index in [1.54, 1.807) is 37.0 Å². The number of fused-ring (bicyclic) bond motifs is 1. The Hall–Kier alpha value is -4.31. The second-order valence-electron chi connectivity index (χ2n) is 9.47. The SMILES string of the molecule is COc1ccc(OC)c(-n2c(CNC(=O)c3ccc(C)c(C)c3)nnc2SCC(=O)N2CCc3ccccc32)c1. The lowest BCUT2D eigenvalue weighted by atomic mass is 10.1. The molecule has 4 aromatic rings. The van der Waals surface area contributed by atoms with Gasteiger partial charge in [-0.05, 0) is 67.3 Å². The third-order valence-corrected chi connectivity index (χ3v) is 7.93. The summed E-state index contributed by atoms with van der Waals surface area (Å²) < 4.78 is 12.9. The minimum Gasteiger partial charge on any atom is -0.497 e. The standard InChI is InChI=1S/C30H31N5O4S/c1-19-9-10-22(15-20(19)2)29(37)31-17-27-32-33-30(35(27)25-16-23(38-3)11-12-26(25)39-4)40-18-28(36)34-14-13-21-7-5-6-8-24(21)34/h5-12,15-16H,13-14,17-18H2,1-4H3,(H,31,37). The van der Waals surface area contributed by atoms with Gasteiger partial charge in [-0.1, -0.05) is 36.0 Å². The van der Waals surface area contributed by atoms with Crippen LogP contribution in [0.5, 0.6) is 11.5 Å². The number of hydrogen-bond donors (Lipinski definition) is 1. The van der Waals surface area contributed by atoms with Crippen LogP contribution in [0.1, 0.15) is 32.9 Å². The number of carbonyl (C=O) groups excluding carboxylic acids is 2. The van der Waals surface area contributed by atoms with E-state index in [0.29, 0.717) is 40.3 Å². The molecule has 5 rings (SSSR count). The highest BCUT2D eigenvalue weighted by atomic mass is 32.2. The Morgan fingerprint density at radius 1 is 0.950 bits per heavy atom. The van der Waals surface area contributed by atoms with Crippen LogP contribution in [0, 0.1) is 13.8 Å². The van der Waals surface area contributed by atoms with Gasteiger partial charge in [0.25, 0.3) is 5.91 Å². The molecule has 0 atom stereocenters. The van der Waals surface area contributed by atoms with Crippen LogP contribution in [0.2, 0.25) is 0 Å². The summed E-state index contributed by atoms with van der Waals surface area (Å²) in [4.78, 5) is 28.0. The van der Waals surface area contributed by atoms with Gasteiger partial charge in [-0.3, -0.25) is 14.2 Å². The predicted molar refractivity (Wildman–Crippen MR) is 155 cm³/mol. The smallest absolute Gasteiger partial charge is 0.251 e. The first-order chi connectivity index (χ1) is 19.4. The topological polar surface area (TPSA) is 98.6 Å². The Labute approximate surface area is 237 Å². The fraction of sp³-hybridized carbons (Fsp3) is 0.267. The maximum Gasteiger partial charge on any atom is 0.251 e. The number of nitrogens with one attached hydrogen (secondary N) is 1. The predicted octanol–water partition coefficient (Wildman–Crippen LogP) is 4.51. The highest BCUT2D eigenvalue weighted by molar-refractivity contribution is 7.99. The Kier molecular flexibility index (Phi) is 8.06. The van der Waals surface area contributed by atoms with Crippen molar-refractivity contribution < 1.29 is 19.1 Å². The van der Waals surface area contributed by atoms with Crippen molar-refractivity contribution in [2.75, 3.05) is 31.4 Å².